The Bertz CT molecular complexity index is 389. The van der Waals surface area contributed by atoms with Crippen molar-refractivity contribution in [2.24, 2.45) is 0 Å². The average Bonchev–Trinajstić information content (AvgIpc) is 2.49. The van der Waals surface area contributed by atoms with Crippen molar-refractivity contribution in [3.05, 3.63) is 42.2 Å². The summed E-state index contributed by atoms with van der Waals surface area (Å²) in [6.45, 7) is 4.57. The molecule has 1 unspecified atom stereocenters. The molecular formula is C16H23NO2. The number of ether oxygens (including phenoxy) is 2. The number of hydrogen-bond acceptors (Lipinski definition) is 3. The van der Waals surface area contributed by atoms with Crippen LogP contribution in [0.2, 0.25) is 0 Å². The normalized spacial score (nSPS) is 16.4. The van der Waals surface area contributed by atoms with Gasteiger partial charge in [-0.3, -0.25) is 0 Å². The summed E-state index contributed by atoms with van der Waals surface area (Å²) in [5.41, 5.74) is 0. The second kappa shape index (κ2) is 7.85. The minimum atomic E-state index is 0.153. The van der Waals surface area contributed by atoms with E-state index >= 15 is 0 Å². The Kier molecular flexibility index (Phi) is 5.76. The minimum Gasteiger partial charge on any atom is -0.496 e. The fourth-order valence-corrected chi connectivity index (χ4v) is 2.08. The van der Waals surface area contributed by atoms with Gasteiger partial charge in [-0.1, -0.05) is 25.1 Å². The highest BCUT2D eigenvalue weighted by Crippen LogP contribution is 2.16. The fraction of sp³-hybridized carbons (Fsp3) is 0.500. The maximum atomic E-state index is 5.84. The van der Waals surface area contributed by atoms with Crippen molar-refractivity contribution in [1.82, 2.24) is 5.32 Å². The molecule has 1 aromatic rings. The summed E-state index contributed by atoms with van der Waals surface area (Å²) in [7, 11) is 0. The lowest BCUT2D eigenvalue weighted by atomic mass is 10.1. The number of benzene rings is 1. The quantitative estimate of drug-likeness (QED) is 0.818. The first-order valence-corrected chi connectivity index (χ1v) is 7.14. The van der Waals surface area contributed by atoms with Gasteiger partial charge in [-0.15, -0.1) is 0 Å². The van der Waals surface area contributed by atoms with Crippen LogP contribution in [-0.4, -0.2) is 25.8 Å². The highest BCUT2D eigenvalue weighted by molar-refractivity contribution is 5.21. The van der Waals surface area contributed by atoms with Crippen LogP contribution in [0.4, 0.5) is 0 Å². The Morgan fingerprint density at radius 3 is 2.84 bits per heavy atom. The Morgan fingerprint density at radius 1 is 1.32 bits per heavy atom. The van der Waals surface area contributed by atoms with Gasteiger partial charge in [0.05, 0.1) is 12.6 Å². The molecule has 0 radical (unpaired) electrons. The SMILES string of the molecule is CCCNC(COc1ccccc1)C1=CCCCO1. The number of para-hydroxylation sites is 1. The third-order valence-electron chi connectivity index (χ3n) is 3.11. The molecule has 1 atom stereocenters. The Hall–Kier alpha value is -1.48. The molecule has 1 aliphatic rings. The summed E-state index contributed by atoms with van der Waals surface area (Å²) in [5, 5.41) is 3.49. The molecular weight excluding hydrogens is 238 g/mol. The molecule has 3 nitrogen and oxygen atoms in total. The van der Waals surface area contributed by atoms with E-state index in [1.165, 1.54) is 0 Å². The molecule has 0 aliphatic carbocycles. The number of hydrogen-bond donors (Lipinski definition) is 1. The van der Waals surface area contributed by atoms with Crippen molar-refractivity contribution >= 4 is 0 Å². The maximum Gasteiger partial charge on any atom is 0.119 e. The summed E-state index contributed by atoms with van der Waals surface area (Å²) in [4.78, 5) is 0. The molecule has 3 heteroatoms. The van der Waals surface area contributed by atoms with Crippen LogP contribution in [0.1, 0.15) is 26.2 Å². The fourth-order valence-electron chi connectivity index (χ4n) is 2.08. The van der Waals surface area contributed by atoms with Gasteiger partial charge in [-0.25, -0.2) is 0 Å². The Labute approximate surface area is 115 Å². The molecule has 0 saturated heterocycles. The lowest BCUT2D eigenvalue weighted by Crippen LogP contribution is -2.38. The molecule has 1 aromatic carbocycles. The first-order valence-electron chi connectivity index (χ1n) is 7.14. The maximum absolute atomic E-state index is 5.84. The van der Waals surface area contributed by atoms with Crippen molar-refractivity contribution in [3.8, 4) is 5.75 Å². The predicted octanol–water partition coefficient (Wildman–Crippen LogP) is 3.13. The van der Waals surface area contributed by atoms with E-state index in [9.17, 15) is 0 Å². The molecule has 0 spiro atoms. The van der Waals surface area contributed by atoms with Gasteiger partial charge in [0.2, 0.25) is 0 Å². The van der Waals surface area contributed by atoms with Gasteiger partial charge in [0.1, 0.15) is 18.1 Å². The van der Waals surface area contributed by atoms with Gasteiger partial charge >= 0.3 is 0 Å². The smallest absolute Gasteiger partial charge is 0.119 e. The zero-order valence-corrected chi connectivity index (χ0v) is 11.6. The van der Waals surface area contributed by atoms with Gasteiger partial charge in [0.15, 0.2) is 0 Å². The first-order chi connectivity index (χ1) is 9.40. The molecule has 19 heavy (non-hydrogen) atoms. The lowest BCUT2D eigenvalue weighted by Gasteiger charge is -2.24. The molecule has 0 fully saturated rings. The highest BCUT2D eigenvalue weighted by atomic mass is 16.5. The first kappa shape index (κ1) is 13.9. The summed E-state index contributed by atoms with van der Waals surface area (Å²) in [6.07, 6.45) is 5.51. The molecule has 0 bridgehead atoms. The lowest BCUT2D eigenvalue weighted by molar-refractivity contribution is 0.147. The number of nitrogens with one attached hydrogen (secondary N) is 1. The summed E-state index contributed by atoms with van der Waals surface area (Å²) in [6, 6.07) is 10.1. The Balaban J connectivity index is 1.91. The zero-order valence-electron chi connectivity index (χ0n) is 11.6. The van der Waals surface area contributed by atoms with Crippen molar-refractivity contribution < 1.29 is 9.47 Å². The van der Waals surface area contributed by atoms with E-state index in [4.69, 9.17) is 9.47 Å². The van der Waals surface area contributed by atoms with Gasteiger partial charge < -0.3 is 14.8 Å². The molecule has 1 heterocycles. The van der Waals surface area contributed by atoms with Crippen molar-refractivity contribution in [1.29, 1.82) is 0 Å². The van der Waals surface area contributed by atoms with E-state index in [1.54, 1.807) is 0 Å². The van der Waals surface area contributed by atoms with E-state index in [1.807, 2.05) is 30.3 Å². The topological polar surface area (TPSA) is 30.5 Å². The van der Waals surface area contributed by atoms with Gasteiger partial charge in [0, 0.05) is 0 Å². The van der Waals surface area contributed by atoms with Crippen molar-refractivity contribution in [3.63, 3.8) is 0 Å². The number of allylic oxidation sites excluding steroid dienone is 1. The summed E-state index contributed by atoms with van der Waals surface area (Å²) >= 11 is 0. The summed E-state index contributed by atoms with van der Waals surface area (Å²) < 4.78 is 11.6. The Morgan fingerprint density at radius 2 is 2.16 bits per heavy atom. The second-order valence-electron chi connectivity index (χ2n) is 4.73. The van der Waals surface area contributed by atoms with Gasteiger partial charge in [-0.05, 0) is 44.0 Å². The summed E-state index contributed by atoms with van der Waals surface area (Å²) in [5.74, 6) is 1.94. The van der Waals surface area contributed by atoms with Gasteiger partial charge in [0.25, 0.3) is 0 Å². The second-order valence-corrected chi connectivity index (χ2v) is 4.73. The molecule has 104 valence electrons. The minimum absolute atomic E-state index is 0.153. The third-order valence-corrected chi connectivity index (χ3v) is 3.11. The largest absolute Gasteiger partial charge is 0.496 e. The van der Waals surface area contributed by atoms with Crippen molar-refractivity contribution in [2.45, 2.75) is 32.2 Å². The van der Waals surface area contributed by atoms with Crippen LogP contribution in [0.25, 0.3) is 0 Å². The highest BCUT2D eigenvalue weighted by Gasteiger charge is 2.18. The van der Waals surface area contributed by atoms with E-state index < -0.39 is 0 Å². The third kappa shape index (κ3) is 4.60. The van der Waals surface area contributed by atoms with Crippen LogP contribution in [0.5, 0.6) is 5.75 Å². The van der Waals surface area contributed by atoms with E-state index in [-0.39, 0.29) is 6.04 Å². The molecule has 1 N–H and O–H groups in total. The van der Waals surface area contributed by atoms with Crippen LogP contribution in [0.3, 0.4) is 0 Å². The zero-order chi connectivity index (χ0) is 13.3. The average molecular weight is 261 g/mol. The standard InChI is InChI=1S/C16H23NO2/c1-2-11-17-15(16-10-6-7-12-18-16)13-19-14-8-4-3-5-9-14/h3-5,8-10,15,17H,2,6-7,11-13H2,1H3. The van der Waals surface area contributed by atoms with Crippen LogP contribution in [0.15, 0.2) is 42.2 Å². The molecule has 0 aromatic heterocycles. The molecule has 2 rings (SSSR count). The van der Waals surface area contributed by atoms with Gasteiger partial charge in [-0.2, -0.15) is 0 Å². The number of rotatable bonds is 7. The van der Waals surface area contributed by atoms with E-state index in [0.717, 1.165) is 43.9 Å². The van der Waals surface area contributed by atoms with E-state index in [2.05, 4.69) is 18.3 Å². The van der Waals surface area contributed by atoms with Crippen LogP contribution < -0.4 is 10.1 Å². The molecule has 0 saturated carbocycles. The van der Waals surface area contributed by atoms with Crippen molar-refractivity contribution in [2.75, 3.05) is 19.8 Å². The van der Waals surface area contributed by atoms with Crippen LogP contribution in [-0.2, 0) is 4.74 Å². The molecule has 1 aliphatic heterocycles. The van der Waals surface area contributed by atoms with E-state index in [0.29, 0.717) is 6.61 Å². The predicted molar refractivity (Wildman–Crippen MR) is 77.3 cm³/mol. The monoisotopic (exact) mass is 261 g/mol. The molecule has 0 amide bonds. The van der Waals surface area contributed by atoms with Crippen LogP contribution >= 0.6 is 0 Å². The van der Waals surface area contributed by atoms with Crippen LogP contribution in [0, 0.1) is 0 Å².